The molecule has 0 saturated carbocycles. The van der Waals surface area contributed by atoms with Crippen LogP contribution >= 0.6 is 35.4 Å². The molecule has 0 aliphatic rings. The molecule has 9 heteroatoms. The minimum absolute atomic E-state index is 0.361. The summed E-state index contributed by atoms with van der Waals surface area (Å²) in [6.07, 6.45) is 1.65. The average molecular weight is 409 g/mol. The molecule has 0 radical (unpaired) electrons. The number of nitrogens with zero attached hydrogens (tertiary/aromatic N) is 5. The number of halogens is 2. The van der Waals surface area contributed by atoms with E-state index in [1.54, 1.807) is 17.0 Å². The van der Waals surface area contributed by atoms with Gasteiger partial charge < -0.3 is 0 Å². The SMILES string of the molecule is Cc1nn(CC(C)C)c(Cl)c1/C=N\n1c(-c2ccccc2Cl)n[nH]c1=S. The fourth-order valence-corrected chi connectivity index (χ4v) is 3.20. The Morgan fingerprint density at radius 2 is 2.04 bits per heavy atom. The lowest BCUT2D eigenvalue weighted by molar-refractivity contribution is 0.482. The third kappa shape index (κ3) is 3.75. The van der Waals surface area contributed by atoms with Crippen LogP contribution in [0.15, 0.2) is 29.4 Å². The lowest BCUT2D eigenvalue weighted by Crippen LogP contribution is -2.06. The van der Waals surface area contributed by atoms with E-state index >= 15 is 0 Å². The zero-order chi connectivity index (χ0) is 18.8. The van der Waals surface area contributed by atoms with E-state index in [9.17, 15) is 0 Å². The molecule has 3 rings (SSSR count). The number of rotatable bonds is 5. The molecular formula is C17H18Cl2N6S. The van der Waals surface area contributed by atoms with E-state index in [0.29, 0.717) is 26.7 Å². The Morgan fingerprint density at radius 3 is 2.73 bits per heavy atom. The highest BCUT2D eigenvalue weighted by Gasteiger charge is 2.14. The summed E-state index contributed by atoms with van der Waals surface area (Å²) < 4.78 is 3.66. The molecule has 0 saturated heterocycles. The first-order valence-electron chi connectivity index (χ1n) is 8.08. The Labute approximate surface area is 166 Å². The fourth-order valence-electron chi connectivity index (χ4n) is 2.51. The summed E-state index contributed by atoms with van der Waals surface area (Å²) in [5, 5.41) is 17.1. The van der Waals surface area contributed by atoms with Crippen LogP contribution in [0.2, 0.25) is 10.2 Å². The first kappa shape index (κ1) is 18.8. The molecule has 136 valence electrons. The van der Waals surface area contributed by atoms with E-state index in [4.69, 9.17) is 35.4 Å². The van der Waals surface area contributed by atoms with Crippen LogP contribution in [0.3, 0.4) is 0 Å². The Bertz CT molecular complexity index is 1010. The molecular weight excluding hydrogens is 391 g/mol. The third-order valence-electron chi connectivity index (χ3n) is 3.71. The average Bonchev–Trinajstić information content (AvgIpc) is 3.06. The van der Waals surface area contributed by atoms with E-state index in [2.05, 4.69) is 34.2 Å². The van der Waals surface area contributed by atoms with Gasteiger partial charge in [-0.1, -0.05) is 49.2 Å². The van der Waals surface area contributed by atoms with Gasteiger partial charge in [0.1, 0.15) is 5.15 Å². The predicted molar refractivity (Wildman–Crippen MR) is 108 cm³/mol. The Kier molecular flexibility index (Phi) is 5.60. The normalized spacial score (nSPS) is 11.8. The molecule has 1 N–H and O–H groups in total. The molecule has 2 heterocycles. The molecule has 0 aliphatic heterocycles. The van der Waals surface area contributed by atoms with Crippen LogP contribution in [0, 0.1) is 17.6 Å². The lowest BCUT2D eigenvalue weighted by Gasteiger charge is -2.05. The molecule has 3 aromatic rings. The molecule has 0 amide bonds. The Morgan fingerprint density at radius 1 is 1.31 bits per heavy atom. The number of aromatic amines is 1. The van der Waals surface area contributed by atoms with Crippen LogP contribution in [0.25, 0.3) is 11.4 Å². The van der Waals surface area contributed by atoms with Crippen molar-refractivity contribution in [2.24, 2.45) is 11.0 Å². The molecule has 26 heavy (non-hydrogen) atoms. The maximum atomic E-state index is 6.47. The summed E-state index contributed by atoms with van der Waals surface area (Å²) in [5.41, 5.74) is 2.28. The number of nitrogens with one attached hydrogen (secondary N) is 1. The fraction of sp³-hybridized carbons (Fsp3) is 0.294. The van der Waals surface area contributed by atoms with Gasteiger partial charge in [-0.2, -0.15) is 20.0 Å². The second-order valence-corrected chi connectivity index (χ2v) is 7.41. The molecule has 0 spiro atoms. The largest absolute Gasteiger partial charge is 0.253 e. The minimum Gasteiger partial charge on any atom is -0.253 e. The van der Waals surface area contributed by atoms with Crippen LogP contribution < -0.4 is 0 Å². The number of H-pyrrole nitrogens is 1. The number of aryl methyl sites for hydroxylation is 1. The van der Waals surface area contributed by atoms with Gasteiger partial charge in [0.05, 0.1) is 22.5 Å². The van der Waals surface area contributed by atoms with Crippen molar-refractivity contribution >= 4 is 41.6 Å². The van der Waals surface area contributed by atoms with Crippen molar-refractivity contribution in [3.8, 4) is 11.4 Å². The number of hydrogen-bond donors (Lipinski definition) is 1. The van der Waals surface area contributed by atoms with Crippen molar-refractivity contribution in [2.45, 2.75) is 27.3 Å². The predicted octanol–water partition coefficient (Wildman–Crippen LogP) is 4.96. The molecule has 2 aromatic heterocycles. The van der Waals surface area contributed by atoms with E-state index < -0.39 is 0 Å². The molecule has 0 unspecified atom stereocenters. The summed E-state index contributed by atoms with van der Waals surface area (Å²) in [6, 6.07) is 7.38. The smallest absolute Gasteiger partial charge is 0.216 e. The highest BCUT2D eigenvalue weighted by molar-refractivity contribution is 7.71. The van der Waals surface area contributed by atoms with Gasteiger partial charge in [-0.15, -0.1) is 0 Å². The van der Waals surface area contributed by atoms with Crippen molar-refractivity contribution in [3.63, 3.8) is 0 Å². The van der Waals surface area contributed by atoms with E-state index in [1.165, 1.54) is 4.68 Å². The van der Waals surface area contributed by atoms with Crippen molar-refractivity contribution in [3.05, 3.63) is 50.5 Å². The second-order valence-electron chi connectivity index (χ2n) is 6.25. The van der Waals surface area contributed by atoms with Crippen molar-refractivity contribution in [1.82, 2.24) is 24.7 Å². The first-order chi connectivity index (χ1) is 12.4. The van der Waals surface area contributed by atoms with E-state index in [0.717, 1.165) is 23.4 Å². The number of benzene rings is 1. The van der Waals surface area contributed by atoms with Crippen molar-refractivity contribution < 1.29 is 0 Å². The first-order valence-corrected chi connectivity index (χ1v) is 9.24. The maximum absolute atomic E-state index is 6.47. The summed E-state index contributed by atoms with van der Waals surface area (Å²) >= 11 is 18.0. The Balaban J connectivity index is 2.01. The summed E-state index contributed by atoms with van der Waals surface area (Å²) in [5.74, 6) is 0.964. The molecule has 6 nitrogen and oxygen atoms in total. The number of aromatic nitrogens is 5. The molecule has 1 aromatic carbocycles. The zero-order valence-corrected chi connectivity index (χ0v) is 16.9. The lowest BCUT2D eigenvalue weighted by atomic mass is 10.2. The molecule has 0 bridgehead atoms. The van der Waals surface area contributed by atoms with Crippen molar-refractivity contribution in [1.29, 1.82) is 0 Å². The topological polar surface area (TPSA) is 63.8 Å². The molecule has 0 atom stereocenters. The van der Waals surface area contributed by atoms with Crippen LogP contribution in [0.4, 0.5) is 0 Å². The highest BCUT2D eigenvalue weighted by Crippen LogP contribution is 2.26. The van der Waals surface area contributed by atoms with Gasteiger partial charge in [-0.25, -0.2) is 5.10 Å². The quantitative estimate of drug-likeness (QED) is 0.479. The van der Waals surface area contributed by atoms with Crippen LogP contribution in [-0.2, 0) is 6.54 Å². The van der Waals surface area contributed by atoms with Gasteiger partial charge in [0.25, 0.3) is 0 Å². The van der Waals surface area contributed by atoms with E-state index in [1.807, 2.05) is 25.1 Å². The summed E-state index contributed by atoms with van der Waals surface area (Å²) in [4.78, 5) is 0. The van der Waals surface area contributed by atoms with Crippen LogP contribution in [0.5, 0.6) is 0 Å². The van der Waals surface area contributed by atoms with Crippen LogP contribution in [0.1, 0.15) is 25.1 Å². The Hall–Kier alpha value is -1.96. The van der Waals surface area contributed by atoms with Gasteiger partial charge in [0.2, 0.25) is 4.77 Å². The van der Waals surface area contributed by atoms with Gasteiger partial charge in [-0.05, 0) is 37.2 Å². The standard InChI is InChI=1S/C17H18Cl2N6S/c1-10(2)9-24-15(19)13(11(3)23-24)8-20-25-16(21-22-17(25)26)12-6-4-5-7-14(12)18/h4-8,10H,9H2,1-3H3,(H,22,26)/b20-8-. The minimum atomic E-state index is 0.361. The third-order valence-corrected chi connectivity index (χ3v) is 4.71. The van der Waals surface area contributed by atoms with Gasteiger partial charge in [-0.3, -0.25) is 4.68 Å². The zero-order valence-electron chi connectivity index (χ0n) is 14.6. The highest BCUT2D eigenvalue weighted by atomic mass is 35.5. The second kappa shape index (κ2) is 7.73. The molecule has 0 aliphatic carbocycles. The monoisotopic (exact) mass is 408 g/mol. The summed E-state index contributed by atoms with van der Waals surface area (Å²) in [6.45, 7) is 6.86. The van der Waals surface area contributed by atoms with E-state index in [-0.39, 0.29) is 0 Å². The summed E-state index contributed by atoms with van der Waals surface area (Å²) in [7, 11) is 0. The van der Waals surface area contributed by atoms with Gasteiger partial charge in [0, 0.05) is 12.1 Å². The van der Waals surface area contributed by atoms with Crippen LogP contribution in [-0.4, -0.2) is 30.9 Å². The maximum Gasteiger partial charge on any atom is 0.216 e. The van der Waals surface area contributed by atoms with Gasteiger partial charge >= 0.3 is 0 Å². The van der Waals surface area contributed by atoms with Crippen molar-refractivity contribution in [2.75, 3.05) is 0 Å². The van der Waals surface area contributed by atoms with Gasteiger partial charge in [0.15, 0.2) is 5.82 Å². The number of hydrogen-bond acceptors (Lipinski definition) is 4. The molecule has 0 fully saturated rings.